The van der Waals surface area contributed by atoms with Gasteiger partial charge in [0.1, 0.15) is 0 Å². The van der Waals surface area contributed by atoms with E-state index >= 15 is 0 Å². The van der Waals surface area contributed by atoms with E-state index in [9.17, 15) is 0 Å². The van der Waals surface area contributed by atoms with Crippen LogP contribution in [-0.2, 0) is 4.43 Å². The van der Waals surface area contributed by atoms with Gasteiger partial charge in [-0.05, 0) is 84.2 Å². The van der Waals surface area contributed by atoms with Gasteiger partial charge in [0.05, 0.1) is 6.10 Å². The highest BCUT2D eigenvalue weighted by Gasteiger charge is 2.56. The lowest BCUT2D eigenvalue weighted by Crippen LogP contribution is -2.47. The van der Waals surface area contributed by atoms with Crippen LogP contribution in [-0.4, -0.2) is 14.4 Å². The van der Waals surface area contributed by atoms with Crippen LogP contribution in [0.2, 0.25) is 18.1 Å². The molecule has 1 nitrogen and oxygen atoms in total. The largest absolute Gasteiger partial charge is 0.410 e. The maximum atomic E-state index is 7.12. The molecule has 0 radical (unpaired) electrons. The van der Waals surface area contributed by atoms with Crippen molar-refractivity contribution in [2.45, 2.75) is 104 Å². The summed E-state index contributed by atoms with van der Waals surface area (Å²) in [6.07, 6.45) is 10.7. The van der Waals surface area contributed by atoms with Gasteiger partial charge in [0.15, 0.2) is 8.32 Å². The highest BCUT2D eigenvalue weighted by atomic mass is 28.4. The van der Waals surface area contributed by atoms with Gasteiger partial charge in [0.2, 0.25) is 0 Å². The van der Waals surface area contributed by atoms with Gasteiger partial charge in [-0.2, -0.15) is 0 Å². The molecule has 1 unspecified atom stereocenters. The van der Waals surface area contributed by atoms with E-state index in [0.717, 1.165) is 0 Å². The Morgan fingerprint density at radius 3 is 2.33 bits per heavy atom. The van der Waals surface area contributed by atoms with Crippen LogP contribution in [0.25, 0.3) is 0 Å². The third-order valence-electron chi connectivity index (χ3n) is 7.32. The first kappa shape index (κ1) is 18.4. The van der Waals surface area contributed by atoms with Gasteiger partial charge in [0.25, 0.3) is 0 Å². The molecule has 2 atom stereocenters. The fourth-order valence-electron chi connectivity index (χ4n) is 5.11. The van der Waals surface area contributed by atoms with E-state index < -0.39 is 8.32 Å². The van der Waals surface area contributed by atoms with Gasteiger partial charge in [0, 0.05) is 0 Å². The summed E-state index contributed by atoms with van der Waals surface area (Å²) < 4.78 is 7.12. The molecule has 0 spiro atoms. The molecule has 0 aromatic carbocycles. The lowest BCUT2D eigenvalue weighted by molar-refractivity contribution is 0.110. The Balaban J connectivity index is 2.06. The molecule has 2 fully saturated rings. The Morgan fingerprint density at radius 2 is 1.71 bits per heavy atom. The molecular weight excluding hydrogens is 308 g/mol. The maximum absolute atomic E-state index is 7.12. The standard InChI is InChI=1S/C22H38OSi/c1-20(2,3)24(7,8)23-19-18-17-12-10-9-11-16(17)13-14-22(18,6)15-21(19,4)5/h13,19H,9-12,14-15H2,1-8H3/t19?,22-/m1/s1. The molecule has 0 aromatic rings. The van der Waals surface area contributed by atoms with Gasteiger partial charge in [-0.3, -0.25) is 0 Å². The fraction of sp³-hybridized carbons (Fsp3) is 0.818. The van der Waals surface area contributed by atoms with Gasteiger partial charge in [-0.1, -0.05) is 47.6 Å². The second kappa shape index (κ2) is 5.58. The quantitative estimate of drug-likeness (QED) is 0.488. The average Bonchev–Trinajstić information content (AvgIpc) is 2.63. The number of hydrogen-bond donors (Lipinski definition) is 0. The molecular formula is C22H38OSi. The minimum Gasteiger partial charge on any atom is -0.410 e. The monoisotopic (exact) mass is 346 g/mol. The van der Waals surface area contributed by atoms with Gasteiger partial charge < -0.3 is 4.43 Å². The zero-order valence-corrected chi connectivity index (χ0v) is 18.3. The maximum Gasteiger partial charge on any atom is 0.192 e. The minimum atomic E-state index is -1.78. The van der Waals surface area contributed by atoms with Crippen molar-refractivity contribution in [3.05, 3.63) is 22.8 Å². The Morgan fingerprint density at radius 1 is 1.08 bits per heavy atom. The molecule has 0 aliphatic heterocycles. The average molecular weight is 347 g/mol. The summed E-state index contributed by atoms with van der Waals surface area (Å²) >= 11 is 0. The van der Waals surface area contributed by atoms with Crippen molar-refractivity contribution in [2.24, 2.45) is 10.8 Å². The first-order chi connectivity index (χ1) is 10.9. The molecule has 136 valence electrons. The summed E-state index contributed by atoms with van der Waals surface area (Å²) in [6, 6.07) is 0. The van der Waals surface area contributed by atoms with E-state index in [1.54, 1.807) is 16.7 Å². The van der Waals surface area contributed by atoms with Crippen molar-refractivity contribution in [2.75, 3.05) is 0 Å². The van der Waals surface area contributed by atoms with Gasteiger partial charge in [-0.25, -0.2) is 0 Å². The fourth-order valence-corrected chi connectivity index (χ4v) is 6.48. The normalized spacial score (nSPS) is 33.2. The van der Waals surface area contributed by atoms with Crippen molar-refractivity contribution in [3.63, 3.8) is 0 Å². The summed E-state index contributed by atoms with van der Waals surface area (Å²) in [4.78, 5) is 0. The van der Waals surface area contributed by atoms with E-state index in [-0.39, 0.29) is 10.5 Å². The molecule has 0 N–H and O–H groups in total. The summed E-state index contributed by atoms with van der Waals surface area (Å²) in [7, 11) is -1.78. The molecule has 0 heterocycles. The van der Waals surface area contributed by atoms with Crippen LogP contribution in [0.4, 0.5) is 0 Å². The highest BCUT2D eigenvalue weighted by molar-refractivity contribution is 6.74. The van der Waals surface area contributed by atoms with E-state index in [1.807, 2.05) is 0 Å². The summed E-state index contributed by atoms with van der Waals surface area (Å²) in [6.45, 7) is 19.3. The summed E-state index contributed by atoms with van der Waals surface area (Å²) in [5.41, 5.74) is 5.63. The third kappa shape index (κ3) is 2.88. The lowest BCUT2D eigenvalue weighted by atomic mass is 9.70. The van der Waals surface area contributed by atoms with Crippen LogP contribution in [0.3, 0.4) is 0 Å². The van der Waals surface area contributed by atoms with Crippen molar-refractivity contribution in [1.82, 2.24) is 0 Å². The second-order valence-corrected chi connectivity index (χ2v) is 15.8. The van der Waals surface area contributed by atoms with Crippen LogP contribution in [0.5, 0.6) is 0 Å². The van der Waals surface area contributed by atoms with Crippen molar-refractivity contribution in [1.29, 1.82) is 0 Å². The molecule has 3 aliphatic rings. The van der Waals surface area contributed by atoms with E-state index in [0.29, 0.717) is 11.5 Å². The Kier molecular flexibility index (Phi) is 4.29. The second-order valence-electron chi connectivity index (χ2n) is 11.0. The predicted molar refractivity (Wildman–Crippen MR) is 107 cm³/mol. The van der Waals surface area contributed by atoms with Gasteiger partial charge >= 0.3 is 0 Å². The predicted octanol–water partition coefficient (Wildman–Crippen LogP) is 7.01. The van der Waals surface area contributed by atoms with E-state index in [1.165, 1.54) is 38.5 Å². The number of allylic oxidation sites excluding steroid dienone is 3. The van der Waals surface area contributed by atoms with Crippen LogP contribution in [0.15, 0.2) is 22.8 Å². The Hall–Kier alpha value is -0.343. The Bertz CT molecular complexity index is 588. The molecule has 3 aliphatic carbocycles. The zero-order chi connectivity index (χ0) is 18.0. The number of fused-ring (bicyclic) bond motifs is 2. The molecule has 0 amide bonds. The molecule has 0 aromatic heterocycles. The first-order valence-corrected chi connectivity index (χ1v) is 12.9. The van der Waals surface area contributed by atoms with Crippen LogP contribution in [0, 0.1) is 10.8 Å². The van der Waals surface area contributed by atoms with Crippen LogP contribution in [0.1, 0.15) is 80.1 Å². The molecule has 24 heavy (non-hydrogen) atoms. The zero-order valence-electron chi connectivity index (χ0n) is 17.3. The lowest BCUT2D eigenvalue weighted by Gasteiger charge is -2.44. The third-order valence-corrected chi connectivity index (χ3v) is 11.8. The van der Waals surface area contributed by atoms with Crippen molar-refractivity contribution >= 4 is 8.32 Å². The summed E-state index contributed by atoms with van der Waals surface area (Å²) in [5.74, 6) is 0. The SMILES string of the molecule is CC1(C)C[C@@]2(C)CC=C3CCCCC3=C2C1O[Si](C)(C)C(C)(C)C. The molecule has 0 bridgehead atoms. The molecule has 3 rings (SSSR count). The smallest absolute Gasteiger partial charge is 0.192 e. The van der Waals surface area contributed by atoms with Crippen molar-refractivity contribution < 1.29 is 4.43 Å². The van der Waals surface area contributed by atoms with Gasteiger partial charge in [-0.15, -0.1) is 0 Å². The molecule has 2 heteroatoms. The number of rotatable bonds is 2. The minimum absolute atomic E-state index is 0.243. The highest BCUT2D eigenvalue weighted by Crippen LogP contribution is 2.61. The topological polar surface area (TPSA) is 9.23 Å². The Labute approximate surface area is 151 Å². The first-order valence-electron chi connectivity index (χ1n) is 9.98. The molecule has 0 saturated heterocycles. The molecule has 2 saturated carbocycles. The van der Waals surface area contributed by atoms with Crippen LogP contribution >= 0.6 is 0 Å². The van der Waals surface area contributed by atoms with Crippen LogP contribution < -0.4 is 0 Å². The van der Waals surface area contributed by atoms with E-state index in [2.05, 4.69) is 60.7 Å². The van der Waals surface area contributed by atoms with Crippen molar-refractivity contribution in [3.8, 4) is 0 Å². The number of hydrogen-bond acceptors (Lipinski definition) is 1. The van der Waals surface area contributed by atoms with E-state index in [4.69, 9.17) is 4.43 Å². The summed E-state index contributed by atoms with van der Waals surface area (Å²) in [5, 5.41) is 0.271.